The van der Waals surface area contributed by atoms with E-state index < -0.39 is 9.85 Å². The highest BCUT2D eigenvalue weighted by molar-refractivity contribution is 5.53. The smallest absolute Gasteiger partial charge is 0.322 e. The van der Waals surface area contributed by atoms with Crippen LogP contribution in [-0.4, -0.2) is 21.5 Å². The van der Waals surface area contributed by atoms with Crippen LogP contribution >= 0.6 is 0 Å². The zero-order valence-corrected chi connectivity index (χ0v) is 13.1. The summed E-state index contributed by atoms with van der Waals surface area (Å²) in [5, 5.41) is 22.1. The van der Waals surface area contributed by atoms with Crippen molar-refractivity contribution in [3.05, 3.63) is 81.4 Å². The number of imidazole rings is 1. The zero-order valence-electron chi connectivity index (χ0n) is 13.1. The van der Waals surface area contributed by atoms with Crippen molar-refractivity contribution in [2.75, 3.05) is 7.11 Å². The molecule has 1 aromatic heterocycles. The molecule has 0 aliphatic heterocycles. The first-order chi connectivity index (χ1) is 12.0. The Bertz CT molecular complexity index is 949. The average Bonchev–Trinajstić information content (AvgIpc) is 3.11. The van der Waals surface area contributed by atoms with Gasteiger partial charge in [0.2, 0.25) is 5.69 Å². The number of non-ortho nitro benzene ring substituents is 1. The molecule has 1 heterocycles. The predicted octanol–water partition coefficient (Wildman–Crippen LogP) is 2.58. The van der Waals surface area contributed by atoms with Crippen molar-refractivity contribution in [1.29, 1.82) is 0 Å². The minimum Gasteiger partial charge on any atom is -0.497 e. The summed E-state index contributed by atoms with van der Waals surface area (Å²) in [6.07, 6.45) is 5.02. The lowest BCUT2D eigenvalue weighted by molar-refractivity contribution is -0.600. The van der Waals surface area contributed by atoms with Crippen molar-refractivity contribution >= 4 is 11.4 Å². The molecular formula is C16H13N4O5+. The molecule has 0 saturated carbocycles. The maximum Gasteiger partial charge on any atom is 0.322 e. The molecule has 0 amide bonds. The molecule has 9 nitrogen and oxygen atoms in total. The first kappa shape index (κ1) is 16.1. The van der Waals surface area contributed by atoms with E-state index in [1.807, 2.05) is 12.1 Å². The fraction of sp³-hybridized carbons (Fsp3) is 0.0625. The van der Waals surface area contributed by atoms with E-state index in [9.17, 15) is 20.2 Å². The molecule has 3 rings (SSSR count). The number of hydrogen-bond acceptors (Lipinski definition) is 5. The Morgan fingerprint density at radius 2 is 1.76 bits per heavy atom. The van der Waals surface area contributed by atoms with Crippen molar-refractivity contribution < 1.29 is 19.2 Å². The fourth-order valence-corrected chi connectivity index (χ4v) is 2.39. The van der Waals surface area contributed by atoms with Crippen LogP contribution in [0, 0.1) is 20.2 Å². The van der Waals surface area contributed by atoms with E-state index in [0.717, 1.165) is 17.5 Å². The number of nitro groups is 2. The van der Waals surface area contributed by atoms with Gasteiger partial charge in [0.1, 0.15) is 23.8 Å². The number of aromatic nitrogens is 2. The first-order valence-corrected chi connectivity index (χ1v) is 7.16. The van der Waals surface area contributed by atoms with Crippen LogP contribution in [0.1, 0.15) is 0 Å². The monoisotopic (exact) mass is 341 g/mol. The van der Waals surface area contributed by atoms with Gasteiger partial charge in [-0.05, 0) is 30.3 Å². The van der Waals surface area contributed by atoms with Crippen LogP contribution in [0.3, 0.4) is 0 Å². The number of ether oxygens (including phenoxy) is 1. The van der Waals surface area contributed by atoms with Gasteiger partial charge in [0, 0.05) is 6.07 Å². The molecule has 0 spiro atoms. The Labute approximate surface area is 141 Å². The molecule has 0 bridgehead atoms. The Kier molecular flexibility index (Phi) is 4.12. The quantitative estimate of drug-likeness (QED) is 0.403. The summed E-state index contributed by atoms with van der Waals surface area (Å²) in [7, 11) is 1.58. The molecule has 3 aromatic rings. The third-order valence-electron chi connectivity index (χ3n) is 3.65. The Morgan fingerprint density at radius 1 is 1.04 bits per heavy atom. The van der Waals surface area contributed by atoms with Crippen LogP contribution in [0.2, 0.25) is 0 Å². The van der Waals surface area contributed by atoms with Gasteiger partial charge in [-0.25, -0.2) is 4.57 Å². The number of nitrogens with zero attached hydrogens (tertiary/aromatic N) is 4. The summed E-state index contributed by atoms with van der Waals surface area (Å²) >= 11 is 0. The molecule has 0 aliphatic rings. The largest absolute Gasteiger partial charge is 0.497 e. The van der Waals surface area contributed by atoms with Crippen molar-refractivity contribution in [2.45, 2.75) is 0 Å². The number of rotatable bonds is 5. The van der Waals surface area contributed by atoms with E-state index in [1.54, 1.807) is 42.5 Å². The maximum atomic E-state index is 11.3. The van der Waals surface area contributed by atoms with Crippen LogP contribution < -0.4 is 9.30 Å². The third kappa shape index (κ3) is 3.15. The van der Waals surface area contributed by atoms with Gasteiger partial charge in [0.25, 0.3) is 12.0 Å². The van der Waals surface area contributed by atoms with Gasteiger partial charge < -0.3 is 4.74 Å². The minimum atomic E-state index is -0.663. The van der Waals surface area contributed by atoms with E-state index in [0.29, 0.717) is 0 Å². The Morgan fingerprint density at radius 3 is 2.36 bits per heavy atom. The topological polar surface area (TPSA) is 104 Å². The lowest BCUT2D eigenvalue weighted by Crippen LogP contribution is -2.28. The number of methoxy groups -OCH3 is 1. The summed E-state index contributed by atoms with van der Waals surface area (Å²) in [4.78, 5) is 20.8. The van der Waals surface area contributed by atoms with Gasteiger partial charge >= 0.3 is 5.69 Å². The predicted molar refractivity (Wildman–Crippen MR) is 87.2 cm³/mol. The molecule has 0 N–H and O–H groups in total. The summed E-state index contributed by atoms with van der Waals surface area (Å²) in [6.45, 7) is 0. The molecule has 0 fully saturated rings. The Balaban J connectivity index is 2.01. The van der Waals surface area contributed by atoms with Crippen LogP contribution in [-0.2, 0) is 0 Å². The standard InChI is InChI=1S/C16H13N4O5/c1-25-14-5-2-12(3-6-14)17-8-9-18(11-17)15-7-4-13(19(21)22)10-16(15)20(23)24/h2-11H,1H3/q+1. The molecule has 126 valence electrons. The van der Waals surface area contributed by atoms with E-state index in [2.05, 4.69) is 0 Å². The van der Waals surface area contributed by atoms with E-state index in [4.69, 9.17) is 4.74 Å². The second kappa shape index (κ2) is 6.40. The molecule has 0 atom stereocenters. The highest BCUT2D eigenvalue weighted by Crippen LogP contribution is 2.24. The minimum absolute atomic E-state index is 0.239. The van der Waals surface area contributed by atoms with E-state index >= 15 is 0 Å². The number of nitro benzene ring substituents is 2. The number of benzene rings is 2. The first-order valence-electron chi connectivity index (χ1n) is 7.16. The second-order valence-electron chi connectivity index (χ2n) is 5.11. The number of hydrogen-bond donors (Lipinski definition) is 0. The third-order valence-corrected chi connectivity index (χ3v) is 3.65. The molecule has 2 aromatic carbocycles. The van der Waals surface area contributed by atoms with Gasteiger partial charge in [-0.3, -0.25) is 20.2 Å². The summed E-state index contributed by atoms with van der Waals surface area (Å²) in [5.41, 5.74) is 0.407. The highest BCUT2D eigenvalue weighted by Gasteiger charge is 2.24. The van der Waals surface area contributed by atoms with Crippen LogP contribution in [0.4, 0.5) is 11.4 Å². The molecular weight excluding hydrogens is 328 g/mol. The molecule has 0 unspecified atom stereocenters. The second-order valence-corrected chi connectivity index (χ2v) is 5.11. The van der Waals surface area contributed by atoms with Crippen LogP contribution in [0.15, 0.2) is 61.2 Å². The molecule has 9 heteroatoms. The molecule has 0 radical (unpaired) electrons. The zero-order chi connectivity index (χ0) is 18.0. The van der Waals surface area contributed by atoms with Crippen molar-refractivity contribution in [3.63, 3.8) is 0 Å². The molecule has 0 saturated heterocycles. The van der Waals surface area contributed by atoms with E-state index in [1.165, 1.54) is 16.7 Å². The van der Waals surface area contributed by atoms with Crippen molar-refractivity contribution in [2.24, 2.45) is 0 Å². The van der Waals surface area contributed by atoms with Crippen LogP contribution in [0.5, 0.6) is 5.75 Å². The van der Waals surface area contributed by atoms with Gasteiger partial charge in [-0.1, -0.05) is 0 Å². The Hall–Kier alpha value is -3.75. The SMILES string of the molecule is COc1ccc(-n2cc[n+](-c3ccc([N+](=O)[O-])cc3[N+](=O)[O-])c2)cc1. The summed E-state index contributed by atoms with van der Waals surface area (Å²) in [6, 6.07) is 10.8. The summed E-state index contributed by atoms with van der Waals surface area (Å²) < 4.78 is 8.41. The summed E-state index contributed by atoms with van der Waals surface area (Å²) in [5.74, 6) is 0.717. The normalized spacial score (nSPS) is 10.4. The van der Waals surface area contributed by atoms with Crippen LogP contribution in [0.25, 0.3) is 11.4 Å². The van der Waals surface area contributed by atoms with Crippen molar-refractivity contribution in [3.8, 4) is 17.1 Å². The lowest BCUT2D eigenvalue weighted by Gasteiger charge is -2.00. The molecule has 0 aliphatic carbocycles. The molecule has 25 heavy (non-hydrogen) atoms. The van der Waals surface area contributed by atoms with Gasteiger partial charge in [-0.2, -0.15) is 4.57 Å². The maximum absolute atomic E-state index is 11.3. The van der Waals surface area contributed by atoms with E-state index in [-0.39, 0.29) is 17.1 Å². The highest BCUT2D eigenvalue weighted by atomic mass is 16.6. The van der Waals surface area contributed by atoms with Gasteiger partial charge in [0.05, 0.1) is 23.0 Å². The van der Waals surface area contributed by atoms with Crippen molar-refractivity contribution in [1.82, 2.24) is 4.57 Å². The van der Waals surface area contributed by atoms with Gasteiger partial charge in [-0.15, -0.1) is 0 Å². The lowest BCUT2D eigenvalue weighted by atomic mass is 10.2. The average molecular weight is 341 g/mol. The van der Waals surface area contributed by atoms with Gasteiger partial charge in [0.15, 0.2) is 0 Å². The fourth-order valence-electron chi connectivity index (χ4n) is 2.39.